The smallest absolute Gasteiger partial charge is 0.359 e. The number of carbonyl (C=O) groups is 7. The summed E-state index contributed by atoms with van der Waals surface area (Å²) in [7, 11) is 0. The van der Waals surface area contributed by atoms with Crippen LogP contribution in [0.3, 0.4) is 0 Å². The Morgan fingerprint density at radius 1 is 0.763 bits per heavy atom. The molecule has 15 nitrogen and oxygen atoms in total. The van der Waals surface area contributed by atoms with E-state index in [1.165, 1.54) is 19.1 Å². The summed E-state index contributed by atoms with van der Waals surface area (Å²) < 4.78 is 33.1. The van der Waals surface area contributed by atoms with Crippen molar-refractivity contribution >= 4 is 76.6 Å². The van der Waals surface area contributed by atoms with Crippen molar-refractivity contribution in [1.82, 2.24) is 0 Å². The van der Waals surface area contributed by atoms with Gasteiger partial charge >= 0.3 is 35.8 Å². The van der Waals surface area contributed by atoms with Gasteiger partial charge in [0.2, 0.25) is 0 Å². The molecule has 2 aliphatic carbocycles. The minimum absolute atomic E-state index is 0.00500. The van der Waals surface area contributed by atoms with Crippen LogP contribution in [-0.2, 0) is 52.5 Å². The summed E-state index contributed by atoms with van der Waals surface area (Å²) in [5.74, 6) is -4.28. The molecule has 1 amide bonds. The zero-order valence-electron chi connectivity index (χ0n) is 32.6. The lowest BCUT2D eigenvalue weighted by Crippen LogP contribution is -2.33. The molecular weight excluding hydrogens is 805 g/mol. The molecule has 0 unspecified atom stereocenters. The first-order valence-corrected chi connectivity index (χ1v) is 21.1. The number of amides is 1. The van der Waals surface area contributed by atoms with Crippen LogP contribution in [0.2, 0.25) is 0 Å². The second kappa shape index (κ2) is 20.0. The lowest BCUT2D eigenvalue weighted by atomic mass is 9.82. The molecule has 2 aromatic rings. The Morgan fingerprint density at radius 3 is 1.95 bits per heavy atom. The first-order chi connectivity index (χ1) is 28.5. The van der Waals surface area contributed by atoms with Crippen molar-refractivity contribution in [3.63, 3.8) is 0 Å². The summed E-state index contributed by atoms with van der Waals surface area (Å²) >= 11 is 2.19. The average molecular weight is 849 g/mol. The Kier molecular flexibility index (Phi) is 14.7. The van der Waals surface area contributed by atoms with Gasteiger partial charge in [-0.1, -0.05) is 48.3 Å². The molecule has 2 aliphatic heterocycles. The Balaban J connectivity index is 1.04. The van der Waals surface area contributed by atoms with Crippen molar-refractivity contribution in [2.75, 3.05) is 24.8 Å². The van der Waals surface area contributed by atoms with Crippen molar-refractivity contribution in [1.29, 1.82) is 0 Å². The van der Waals surface area contributed by atoms with Crippen molar-refractivity contribution in [3.05, 3.63) is 64.9 Å². The zero-order valence-corrected chi connectivity index (χ0v) is 34.3. The van der Waals surface area contributed by atoms with Crippen molar-refractivity contribution in [3.8, 4) is 11.5 Å². The van der Waals surface area contributed by atoms with E-state index < -0.39 is 35.7 Å². The topological polar surface area (TPSA) is 190 Å². The van der Waals surface area contributed by atoms with E-state index in [0.29, 0.717) is 77.5 Å². The number of hydrazone groups is 1. The number of anilines is 1. The number of carbonyl (C=O) groups excluding carboxylic acids is 7. The van der Waals surface area contributed by atoms with Gasteiger partial charge in [0.15, 0.2) is 5.71 Å². The quantitative estimate of drug-likeness (QED) is 0.0661. The maximum Gasteiger partial charge on any atom is 0.359 e. The number of hydrogen-bond donors (Lipinski definition) is 0. The highest BCUT2D eigenvalue weighted by Gasteiger charge is 2.42. The summed E-state index contributed by atoms with van der Waals surface area (Å²) in [5, 5.41) is 5.47. The molecule has 0 aromatic heterocycles. The van der Waals surface area contributed by atoms with Crippen LogP contribution < -0.4 is 14.5 Å². The summed E-state index contributed by atoms with van der Waals surface area (Å²) in [6.07, 6.45) is 4.90. The van der Waals surface area contributed by atoms with E-state index in [-0.39, 0.29) is 72.5 Å². The van der Waals surface area contributed by atoms with Crippen LogP contribution in [0, 0.1) is 17.8 Å². The van der Waals surface area contributed by atoms with Crippen LogP contribution in [0.1, 0.15) is 71.6 Å². The zero-order chi connectivity index (χ0) is 42.1. The number of esters is 6. The van der Waals surface area contributed by atoms with E-state index in [1.54, 1.807) is 37.3 Å². The van der Waals surface area contributed by atoms with Crippen LogP contribution in [0.25, 0.3) is 0 Å². The van der Waals surface area contributed by atoms with Gasteiger partial charge in [-0.3, -0.25) is 24.0 Å². The van der Waals surface area contributed by atoms with Crippen LogP contribution >= 0.6 is 23.5 Å². The lowest BCUT2D eigenvalue weighted by molar-refractivity contribution is -0.161. The molecule has 6 rings (SSSR count). The van der Waals surface area contributed by atoms with Crippen LogP contribution in [0.15, 0.2) is 79.8 Å². The minimum atomic E-state index is -0.781. The van der Waals surface area contributed by atoms with Crippen molar-refractivity contribution in [2.45, 2.75) is 87.5 Å². The number of rotatable bonds is 14. The summed E-state index contributed by atoms with van der Waals surface area (Å²) in [4.78, 5) is 90.1. The van der Waals surface area contributed by atoms with Gasteiger partial charge in [0.25, 0.3) is 5.91 Å². The van der Waals surface area contributed by atoms with E-state index in [2.05, 4.69) is 11.7 Å². The second-order valence-electron chi connectivity index (χ2n) is 14.1. The van der Waals surface area contributed by atoms with Gasteiger partial charge in [-0.15, -0.1) is 0 Å². The van der Waals surface area contributed by atoms with Gasteiger partial charge in [-0.25, -0.2) is 9.59 Å². The molecule has 0 bridgehead atoms. The Bertz CT molecular complexity index is 2050. The van der Waals surface area contributed by atoms with Crippen LogP contribution in [-0.4, -0.2) is 73.4 Å². The molecule has 2 aromatic carbocycles. The first kappa shape index (κ1) is 43.2. The first-order valence-electron chi connectivity index (χ1n) is 19.5. The van der Waals surface area contributed by atoms with Crippen LogP contribution in [0.5, 0.6) is 11.5 Å². The maximum atomic E-state index is 13.9. The minimum Gasteiger partial charge on any atom is -0.465 e. The molecule has 2 fully saturated rings. The number of nitrogens with zero attached hydrogens (tertiary/aromatic N) is 2. The third-order valence-electron chi connectivity index (χ3n) is 10.0. The number of ether oxygens (including phenoxy) is 6. The molecular formula is C42H44N2O13S2. The van der Waals surface area contributed by atoms with Crippen molar-refractivity contribution in [2.24, 2.45) is 22.9 Å². The molecule has 0 atom stereocenters. The highest BCUT2D eigenvalue weighted by atomic mass is 32.2. The van der Waals surface area contributed by atoms with Gasteiger partial charge < -0.3 is 28.4 Å². The molecule has 4 aliphatic rings. The van der Waals surface area contributed by atoms with E-state index in [4.69, 9.17) is 28.4 Å². The van der Waals surface area contributed by atoms with Crippen LogP contribution in [0.4, 0.5) is 5.69 Å². The second-order valence-corrected chi connectivity index (χ2v) is 16.4. The maximum absolute atomic E-state index is 13.9. The van der Waals surface area contributed by atoms with Gasteiger partial charge in [0, 0.05) is 19.4 Å². The lowest BCUT2D eigenvalue weighted by Gasteiger charge is -2.30. The summed E-state index contributed by atoms with van der Waals surface area (Å²) in [6.45, 7) is 6.55. The van der Waals surface area contributed by atoms with E-state index in [1.807, 2.05) is 0 Å². The molecule has 59 heavy (non-hydrogen) atoms. The van der Waals surface area contributed by atoms with Gasteiger partial charge in [-0.2, -0.15) is 10.1 Å². The number of thioether (sulfide) groups is 2. The van der Waals surface area contributed by atoms with Gasteiger partial charge in [-0.05, 0) is 82.6 Å². The number of benzene rings is 2. The molecule has 2 saturated carbocycles. The van der Waals surface area contributed by atoms with E-state index in [0.717, 1.165) is 34.6 Å². The largest absolute Gasteiger partial charge is 0.465 e. The Labute approximate surface area is 349 Å². The molecule has 0 spiro atoms. The predicted molar refractivity (Wildman–Crippen MR) is 214 cm³/mol. The molecule has 2 heterocycles. The number of para-hydroxylation sites is 1. The predicted octanol–water partition coefficient (Wildman–Crippen LogP) is 6.46. The fourth-order valence-electron chi connectivity index (χ4n) is 7.03. The van der Waals surface area contributed by atoms with Gasteiger partial charge in [0.1, 0.15) is 17.6 Å². The standard InChI is InChI=1S/C42H44N2O13S2/c1-4-32(46)53-22-9-23-54-38(48)25-12-14-26(15-13-25)39(49)56-29-18-16-27(17-19-29)40(50)57-31-21-20-30(55-24(3)45)35-36(31)59-42(58-35)33-34(41(51)52-5-2)43-44(37(33)47)28-10-7-6-8-11-28/h4,6-8,10-11,20-21,25-27,29H,1,5,9,12-19,22-23H2,2-3H3/b42-33+. The highest BCUT2D eigenvalue weighted by molar-refractivity contribution is 8.25. The van der Waals surface area contributed by atoms with E-state index in [9.17, 15) is 33.6 Å². The SMILES string of the molecule is C=CC(=O)OCCCOC(=O)C1CCC(C(=O)OC2CCC(C(=O)Oc3ccc(OC(C)=O)c4c3S/C(=C3/C(=O)N(c5ccccc5)N=C3C(=O)OCC)S4)CC2)CC1. The molecule has 0 N–H and O–H groups in total. The molecule has 312 valence electrons. The molecule has 0 saturated heterocycles. The normalized spacial score (nSPS) is 22.4. The molecule has 0 radical (unpaired) electrons. The highest BCUT2D eigenvalue weighted by Crippen LogP contribution is 2.59. The fraction of sp³-hybridized carbons (Fsp3) is 0.429. The third-order valence-corrected chi connectivity index (χ3v) is 12.7. The monoisotopic (exact) mass is 848 g/mol. The molecule has 17 heteroatoms. The van der Waals surface area contributed by atoms with Crippen molar-refractivity contribution < 1.29 is 62.0 Å². The average Bonchev–Trinajstić information content (AvgIpc) is 3.84. The summed E-state index contributed by atoms with van der Waals surface area (Å²) in [6, 6.07) is 11.7. The fourth-order valence-corrected chi connectivity index (χ4v) is 9.70. The number of hydrogen-bond acceptors (Lipinski definition) is 16. The van der Waals surface area contributed by atoms with E-state index >= 15 is 0 Å². The Morgan fingerprint density at radius 2 is 1.34 bits per heavy atom. The Hall–Kier alpha value is -5.42. The number of fused-ring (bicyclic) bond motifs is 1. The third kappa shape index (κ3) is 10.6. The summed E-state index contributed by atoms with van der Waals surface area (Å²) in [5.41, 5.74) is 0.271. The van der Waals surface area contributed by atoms with Gasteiger partial charge in [0.05, 0.1) is 62.9 Å².